The van der Waals surface area contributed by atoms with Crippen molar-refractivity contribution in [2.75, 3.05) is 6.61 Å². The fraction of sp³-hybridized carbons (Fsp3) is 0.148. The molecule has 7 heteroatoms. The molecule has 0 unspecified atom stereocenters. The summed E-state index contributed by atoms with van der Waals surface area (Å²) in [6.45, 7) is 0.683. The van der Waals surface area contributed by atoms with Crippen LogP contribution in [-0.2, 0) is 16.6 Å². The molecule has 0 radical (unpaired) electrons. The highest BCUT2D eigenvalue weighted by atomic mass is 32.2. The first-order chi connectivity index (χ1) is 16.5. The number of para-hydroxylation sites is 1. The van der Waals surface area contributed by atoms with Crippen molar-refractivity contribution in [3.8, 4) is 5.75 Å². The Morgan fingerprint density at radius 2 is 1.62 bits per heavy atom. The minimum Gasteiger partial charge on any atom is -0.493 e. The van der Waals surface area contributed by atoms with E-state index in [0.717, 1.165) is 27.6 Å². The number of carbonyl (C=O) groups is 1. The fourth-order valence-electron chi connectivity index (χ4n) is 4.10. The van der Waals surface area contributed by atoms with Gasteiger partial charge in [-0.3, -0.25) is 4.79 Å². The SMILES string of the molecule is O=C(N[C@@H]1CCOc2ccccc21)c1ccc(CNS(=O)(=O)c2ccc3ccccc3c2)cc1. The fourth-order valence-corrected chi connectivity index (χ4v) is 5.16. The zero-order valence-corrected chi connectivity index (χ0v) is 19.2. The van der Waals surface area contributed by atoms with Crippen molar-refractivity contribution in [3.05, 3.63) is 108 Å². The predicted molar refractivity (Wildman–Crippen MR) is 131 cm³/mol. The number of nitrogens with one attached hydrogen (secondary N) is 2. The maximum absolute atomic E-state index is 12.8. The van der Waals surface area contributed by atoms with Gasteiger partial charge in [-0.2, -0.15) is 0 Å². The number of rotatable bonds is 6. The lowest BCUT2D eigenvalue weighted by Gasteiger charge is -2.26. The third-order valence-electron chi connectivity index (χ3n) is 5.98. The van der Waals surface area contributed by atoms with Gasteiger partial charge in [-0.05, 0) is 46.7 Å². The van der Waals surface area contributed by atoms with Crippen LogP contribution in [0.4, 0.5) is 0 Å². The first kappa shape index (κ1) is 22.1. The topological polar surface area (TPSA) is 84.5 Å². The second kappa shape index (κ2) is 9.29. The van der Waals surface area contributed by atoms with Gasteiger partial charge in [-0.15, -0.1) is 0 Å². The molecule has 1 aliphatic rings. The second-order valence-corrected chi connectivity index (χ2v) is 10.00. The van der Waals surface area contributed by atoms with Gasteiger partial charge in [0, 0.05) is 24.1 Å². The van der Waals surface area contributed by atoms with Crippen LogP contribution in [0.25, 0.3) is 10.8 Å². The van der Waals surface area contributed by atoms with E-state index in [0.29, 0.717) is 18.6 Å². The highest BCUT2D eigenvalue weighted by molar-refractivity contribution is 7.89. The average Bonchev–Trinajstić information content (AvgIpc) is 2.88. The second-order valence-electron chi connectivity index (χ2n) is 8.23. The summed E-state index contributed by atoms with van der Waals surface area (Å²) in [6, 6.07) is 27.2. The van der Waals surface area contributed by atoms with Crippen LogP contribution in [0.1, 0.15) is 33.9 Å². The maximum Gasteiger partial charge on any atom is 0.251 e. The summed E-state index contributed by atoms with van der Waals surface area (Å²) in [7, 11) is -3.67. The van der Waals surface area contributed by atoms with Crippen molar-refractivity contribution in [1.29, 1.82) is 0 Å². The molecule has 1 heterocycles. The molecule has 1 atom stereocenters. The summed E-state index contributed by atoms with van der Waals surface area (Å²) in [6.07, 6.45) is 0.706. The lowest BCUT2D eigenvalue weighted by atomic mass is 10.00. The van der Waals surface area contributed by atoms with Crippen LogP contribution in [-0.4, -0.2) is 20.9 Å². The monoisotopic (exact) mass is 472 g/mol. The van der Waals surface area contributed by atoms with E-state index in [4.69, 9.17) is 4.74 Å². The molecule has 2 N–H and O–H groups in total. The van der Waals surface area contributed by atoms with Crippen molar-refractivity contribution in [3.63, 3.8) is 0 Å². The van der Waals surface area contributed by atoms with E-state index in [9.17, 15) is 13.2 Å². The number of carbonyl (C=O) groups excluding carboxylic acids is 1. The van der Waals surface area contributed by atoms with Gasteiger partial charge in [-0.1, -0.05) is 60.7 Å². The Hall–Kier alpha value is -3.68. The van der Waals surface area contributed by atoms with Crippen molar-refractivity contribution in [2.24, 2.45) is 0 Å². The minimum absolute atomic E-state index is 0.106. The van der Waals surface area contributed by atoms with Crippen LogP contribution in [0.5, 0.6) is 5.75 Å². The van der Waals surface area contributed by atoms with E-state index in [2.05, 4.69) is 10.0 Å². The van der Waals surface area contributed by atoms with Crippen LogP contribution in [0.3, 0.4) is 0 Å². The van der Waals surface area contributed by atoms with Crippen LogP contribution in [0.15, 0.2) is 95.9 Å². The lowest BCUT2D eigenvalue weighted by molar-refractivity contribution is 0.0924. The first-order valence-electron chi connectivity index (χ1n) is 11.1. The van der Waals surface area contributed by atoms with Gasteiger partial charge in [0.2, 0.25) is 10.0 Å². The van der Waals surface area contributed by atoms with E-state index >= 15 is 0 Å². The number of sulfonamides is 1. The molecule has 4 aromatic carbocycles. The standard InChI is InChI=1S/C27H24N2O4S/c30-27(29-25-15-16-33-26-8-4-3-7-24(25)26)21-11-9-19(10-12-21)18-28-34(31,32)23-14-13-20-5-1-2-6-22(20)17-23/h1-14,17,25,28H,15-16,18H2,(H,29,30)/t25-/m1/s1. The Morgan fingerprint density at radius 1 is 0.882 bits per heavy atom. The van der Waals surface area contributed by atoms with Crippen LogP contribution >= 0.6 is 0 Å². The summed E-state index contributed by atoms with van der Waals surface area (Å²) in [5.74, 6) is 0.623. The summed E-state index contributed by atoms with van der Waals surface area (Å²) in [5.41, 5.74) is 2.25. The van der Waals surface area contributed by atoms with Gasteiger partial charge in [0.15, 0.2) is 0 Å². The molecule has 0 aromatic heterocycles. The number of hydrogen-bond donors (Lipinski definition) is 2. The number of hydrogen-bond acceptors (Lipinski definition) is 4. The molecule has 0 spiro atoms. The molecular weight excluding hydrogens is 448 g/mol. The quantitative estimate of drug-likeness (QED) is 0.431. The third-order valence-corrected chi connectivity index (χ3v) is 7.38. The maximum atomic E-state index is 12.8. The third kappa shape index (κ3) is 4.66. The molecule has 0 aliphatic carbocycles. The Morgan fingerprint density at radius 3 is 2.44 bits per heavy atom. The molecule has 0 saturated carbocycles. The molecule has 1 amide bonds. The van der Waals surface area contributed by atoms with Gasteiger partial charge in [-0.25, -0.2) is 13.1 Å². The van der Waals surface area contributed by atoms with E-state index in [-0.39, 0.29) is 23.4 Å². The molecule has 34 heavy (non-hydrogen) atoms. The molecule has 172 valence electrons. The molecule has 0 bridgehead atoms. The van der Waals surface area contributed by atoms with Crippen molar-refractivity contribution >= 4 is 26.7 Å². The van der Waals surface area contributed by atoms with Crippen LogP contribution < -0.4 is 14.8 Å². The summed E-state index contributed by atoms with van der Waals surface area (Å²) in [4.78, 5) is 13.0. The van der Waals surface area contributed by atoms with E-state index in [1.54, 1.807) is 42.5 Å². The number of benzene rings is 4. The average molecular weight is 473 g/mol. The highest BCUT2D eigenvalue weighted by Crippen LogP contribution is 2.31. The first-order valence-corrected chi connectivity index (χ1v) is 12.6. The van der Waals surface area contributed by atoms with Gasteiger partial charge in [0.25, 0.3) is 5.91 Å². The van der Waals surface area contributed by atoms with Crippen LogP contribution in [0.2, 0.25) is 0 Å². The van der Waals surface area contributed by atoms with Crippen molar-refractivity contribution in [1.82, 2.24) is 10.0 Å². The summed E-state index contributed by atoms with van der Waals surface area (Å²) < 4.78 is 33.8. The van der Waals surface area contributed by atoms with E-state index in [1.165, 1.54) is 0 Å². The zero-order chi connectivity index (χ0) is 23.5. The molecule has 1 aliphatic heterocycles. The summed E-state index contributed by atoms with van der Waals surface area (Å²) in [5, 5.41) is 4.93. The molecule has 6 nitrogen and oxygen atoms in total. The Labute approximate surface area is 198 Å². The highest BCUT2D eigenvalue weighted by Gasteiger charge is 2.23. The van der Waals surface area contributed by atoms with Gasteiger partial charge in [0.05, 0.1) is 17.5 Å². The normalized spacial score (nSPS) is 15.4. The van der Waals surface area contributed by atoms with E-state index in [1.807, 2.05) is 48.5 Å². The van der Waals surface area contributed by atoms with Gasteiger partial charge >= 0.3 is 0 Å². The summed E-state index contributed by atoms with van der Waals surface area (Å²) >= 11 is 0. The molecule has 5 rings (SSSR count). The minimum atomic E-state index is -3.67. The smallest absolute Gasteiger partial charge is 0.251 e. The lowest BCUT2D eigenvalue weighted by Crippen LogP contribution is -2.32. The van der Waals surface area contributed by atoms with Crippen LogP contribution in [0, 0.1) is 0 Å². The Bertz CT molecular complexity index is 1450. The van der Waals surface area contributed by atoms with Crippen molar-refractivity contribution in [2.45, 2.75) is 23.9 Å². The molecule has 4 aromatic rings. The largest absolute Gasteiger partial charge is 0.493 e. The number of amides is 1. The van der Waals surface area contributed by atoms with Gasteiger partial charge in [0.1, 0.15) is 5.75 Å². The number of ether oxygens (including phenoxy) is 1. The van der Waals surface area contributed by atoms with Gasteiger partial charge < -0.3 is 10.1 Å². The zero-order valence-electron chi connectivity index (χ0n) is 18.4. The van der Waals surface area contributed by atoms with E-state index < -0.39 is 10.0 Å². The molecular formula is C27H24N2O4S. The molecule has 0 saturated heterocycles. The molecule has 0 fully saturated rings. The predicted octanol–water partition coefficient (Wildman–Crippen LogP) is 4.57. The van der Waals surface area contributed by atoms with Crippen molar-refractivity contribution < 1.29 is 17.9 Å². The number of fused-ring (bicyclic) bond motifs is 2. The Kier molecular flexibility index (Phi) is 6.04. The Balaban J connectivity index is 1.23.